The van der Waals surface area contributed by atoms with Crippen LogP contribution in [0, 0.1) is 5.92 Å². The molecule has 1 aromatic carbocycles. The lowest BCUT2D eigenvalue weighted by atomic mass is 9.85. The Morgan fingerprint density at radius 3 is 2.32 bits per heavy atom. The summed E-state index contributed by atoms with van der Waals surface area (Å²) in [4.78, 5) is 16.3. The van der Waals surface area contributed by atoms with Crippen LogP contribution in [0.4, 0.5) is 18.0 Å². The highest BCUT2D eigenvalue weighted by atomic mass is 19.4. The number of piperidine rings is 1. The molecule has 4 nitrogen and oxygen atoms in total. The van der Waals surface area contributed by atoms with Gasteiger partial charge in [-0.05, 0) is 30.0 Å². The summed E-state index contributed by atoms with van der Waals surface area (Å²) in [5.74, 6) is 0.377. The van der Waals surface area contributed by atoms with Crippen molar-refractivity contribution in [3.8, 4) is 0 Å². The van der Waals surface area contributed by atoms with E-state index in [1.807, 2.05) is 4.90 Å². The summed E-state index contributed by atoms with van der Waals surface area (Å²) in [5, 5.41) is 0. The van der Waals surface area contributed by atoms with Gasteiger partial charge in [-0.15, -0.1) is 0 Å². The molecule has 2 heterocycles. The van der Waals surface area contributed by atoms with E-state index in [0.29, 0.717) is 45.3 Å². The van der Waals surface area contributed by atoms with Crippen molar-refractivity contribution >= 4 is 6.03 Å². The Kier molecular flexibility index (Phi) is 5.22. The highest BCUT2D eigenvalue weighted by molar-refractivity contribution is 5.74. The molecule has 25 heavy (non-hydrogen) atoms. The number of urea groups is 1. The summed E-state index contributed by atoms with van der Waals surface area (Å²) in [6, 6.07) is 5.35. The molecule has 2 amide bonds. The minimum absolute atomic E-state index is 0.00626. The molecular formula is C18H23F3N2O2. The summed E-state index contributed by atoms with van der Waals surface area (Å²) in [7, 11) is 0. The first kappa shape index (κ1) is 18.0. The van der Waals surface area contributed by atoms with E-state index in [2.05, 4.69) is 6.92 Å². The predicted molar refractivity (Wildman–Crippen MR) is 87.3 cm³/mol. The second kappa shape index (κ2) is 7.23. The fourth-order valence-electron chi connectivity index (χ4n) is 3.65. The first-order chi connectivity index (χ1) is 11.8. The first-order valence-electron chi connectivity index (χ1n) is 8.63. The number of nitrogens with zero attached hydrogens (tertiary/aromatic N) is 2. The first-order valence-corrected chi connectivity index (χ1v) is 8.63. The zero-order valence-corrected chi connectivity index (χ0v) is 14.3. The number of ether oxygens (including phenoxy) is 1. The predicted octanol–water partition coefficient (Wildman–Crippen LogP) is 3.58. The van der Waals surface area contributed by atoms with Crippen molar-refractivity contribution in [3.63, 3.8) is 0 Å². The summed E-state index contributed by atoms with van der Waals surface area (Å²) in [6.07, 6.45) is -3.45. The number of rotatable bonds is 1. The third-order valence-corrected chi connectivity index (χ3v) is 4.92. The molecule has 2 aliphatic rings. The van der Waals surface area contributed by atoms with Crippen molar-refractivity contribution in [2.24, 2.45) is 5.92 Å². The van der Waals surface area contributed by atoms with E-state index in [9.17, 15) is 18.0 Å². The Morgan fingerprint density at radius 2 is 1.72 bits per heavy atom. The van der Waals surface area contributed by atoms with Gasteiger partial charge in [-0.1, -0.05) is 19.1 Å². The summed E-state index contributed by atoms with van der Waals surface area (Å²) < 4.78 is 43.5. The Hall–Kier alpha value is -1.76. The van der Waals surface area contributed by atoms with Gasteiger partial charge in [0.15, 0.2) is 0 Å². The SMILES string of the molecule is CC1CC(c2ccc(C(F)(F)F)cc2)CN(C(=O)N2CCOCC2)C1. The molecule has 0 aliphatic carbocycles. The lowest BCUT2D eigenvalue weighted by molar-refractivity contribution is -0.137. The fourth-order valence-corrected chi connectivity index (χ4v) is 3.65. The molecule has 0 aromatic heterocycles. The van der Waals surface area contributed by atoms with Crippen LogP contribution in [0.15, 0.2) is 24.3 Å². The number of amides is 2. The number of benzene rings is 1. The Labute approximate surface area is 145 Å². The maximum atomic E-state index is 12.7. The van der Waals surface area contributed by atoms with Gasteiger partial charge in [0.2, 0.25) is 0 Å². The van der Waals surface area contributed by atoms with Crippen LogP contribution in [0.5, 0.6) is 0 Å². The number of halogens is 3. The molecule has 2 fully saturated rings. The summed E-state index contributed by atoms with van der Waals surface area (Å²) >= 11 is 0. The molecule has 1 aromatic rings. The zero-order valence-electron chi connectivity index (χ0n) is 14.3. The maximum absolute atomic E-state index is 12.7. The van der Waals surface area contributed by atoms with E-state index >= 15 is 0 Å². The lowest BCUT2D eigenvalue weighted by Crippen LogP contribution is -2.52. The molecule has 0 bridgehead atoms. The summed E-state index contributed by atoms with van der Waals surface area (Å²) in [6.45, 7) is 5.60. The molecule has 2 unspecified atom stereocenters. The molecule has 3 rings (SSSR count). The van der Waals surface area contributed by atoms with E-state index < -0.39 is 11.7 Å². The van der Waals surface area contributed by atoms with Crippen molar-refractivity contribution in [1.82, 2.24) is 9.80 Å². The maximum Gasteiger partial charge on any atom is 0.416 e. The van der Waals surface area contributed by atoms with Crippen molar-refractivity contribution in [1.29, 1.82) is 0 Å². The Morgan fingerprint density at radius 1 is 1.08 bits per heavy atom. The van der Waals surface area contributed by atoms with Crippen LogP contribution in [-0.2, 0) is 10.9 Å². The second-order valence-electron chi connectivity index (χ2n) is 6.94. The number of hydrogen-bond donors (Lipinski definition) is 0. The van der Waals surface area contributed by atoms with Crippen LogP contribution in [-0.4, -0.2) is 55.2 Å². The monoisotopic (exact) mass is 356 g/mol. The van der Waals surface area contributed by atoms with Crippen molar-refractivity contribution in [2.45, 2.75) is 25.4 Å². The van der Waals surface area contributed by atoms with Crippen LogP contribution in [0.25, 0.3) is 0 Å². The van der Waals surface area contributed by atoms with Gasteiger partial charge in [0, 0.05) is 32.1 Å². The topological polar surface area (TPSA) is 32.8 Å². The number of likely N-dealkylation sites (tertiary alicyclic amines) is 1. The smallest absolute Gasteiger partial charge is 0.378 e. The molecule has 0 N–H and O–H groups in total. The van der Waals surface area contributed by atoms with Crippen LogP contribution in [0.2, 0.25) is 0 Å². The van der Waals surface area contributed by atoms with Gasteiger partial charge in [0.05, 0.1) is 18.8 Å². The molecule has 0 radical (unpaired) electrons. The van der Waals surface area contributed by atoms with E-state index in [0.717, 1.165) is 24.1 Å². The molecule has 7 heteroatoms. The third kappa shape index (κ3) is 4.26. The highest BCUT2D eigenvalue weighted by Gasteiger charge is 2.33. The number of carbonyl (C=O) groups excluding carboxylic acids is 1. The lowest BCUT2D eigenvalue weighted by Gasteiger charge is -2.40. The van der Waals surface area contributed by atoms with Gasteiger partial charge < -0.3 is 14.5 Å². The number of carbonyl (C=O) groups is 1. The molecule has 2 atom stereocenters. The van der Waals surface area contributed by atoms with E-state index in [1.165, 1.54) is 0 Å². The molecule has 0 saturated carbocycles. The highest BCUT2D eigenvalue weighted by Crippen LogP contribution is 2.34. The van der Waals surface area contributed by atoms with Crippen LogP contribution < -0.4 is 0 Å². The normalized spacial score (nSPS) is 25.1. The zero-order chi connectivity index (χ0) is 18.0. The Bertz CT molecular complexity index is 597. The standard InChI is InChI=1S/C18H23F3N2O2/c1-13-10-15(14-2-4-16(5-3-14)18(19,20)21)12-23(11-13)17(24)22-6-8-25-9-7-22/h2-5,13,15H,6-12H2,1H3. The van der Waals surface area contributed by atoms with Crippen LogP contribution in [0.1, 0.15) is 30.4 Å². The number of hydrogen-bond acceptors (Lipinski definition) is 2. The molecule has 0 spiro atoms. The van der Waals surface area contributed by atoms with Gasteiger partial charge >= 0.3 is 12.2 Å². The van der Waals surface area contributed by atoms with Gasteiger partial charge in [-0.25, -0.2) is 4.79 Å². The molecule has 2 aliphatic heterocycles. The van der Waals surface area contributed by atoms with Gasteiger partial charge in [0.1, 0.15) is 0 Å². The number of alkyl halides is 3. The quantitative estimate of drug-likeness (QED) is 0.770. The molecular weight excluding hydrogens is 333 g/mol. The van der Waals surface area contributed by atoms with Crippen molar-refractivity contribution in [3.05, 3.63) is 35.4 Å². The van der Waals surface area contributed by atoms with Crippen LogP contribution >= 0.6 is 0 Å². The Balaban J connectivity index is 1.70. The minimum atomic E-state index is -4.32. The fraction of sp³-hybridized carbons (Fsp3) is 0.611. The summed E-state index contributed by atoms with van der Waals surface area (Å²) in [5.41, 5.74) is 0.223. The molecule has 2 saturated heterocycles. The molecule has 138 valence electrons. The third-order valence-electron chi connectivity index (χ3n) is 4.92. The average Bonchev–Trinajstić information content (AvgIpc) is 2.60. The van der Waals surface area contributed by atoms with Gasteiger partial charge in [-0.3, -0.25) is 0 Å². The average molecular weight is 356 g/mol. The second-order valence-corrected chi connectivity index (χ2v) is 6.94. The van der Waals surface area contributed by atoms with E-state index in [-0.39, 0.29) is 11.9 Å². The van der Waals surface area contributed by atoms with Gasteiger partial charge in [0.25, 0.3) is 0 Å². The minimum Gasteiger partial charge on any atom is -0.378 e. The van der Waals surface area contributed by atoms with E-state index in [4.69, 9.17) is 4.74 Å². The van der Waals surface area contributed by atoms with Gasteiger partial charge in [-0.2, -0.15) is 13.2 Å². The largest absolute Gasteiger partial charge is 0.416 e. The number of morpholine rings is 1. The van der Waals surface area contributed by atoms with Crippen molar-refractivity contribution < 1.29 is 22.7 Å². The van der Waals surface area contributed by atoms with E-state index in [1.54, 1.807) is 17.0 Å². The van der Waals surface area contributed by atoms with Crippen molar-refractivity contribution in [2.75, 3.05) is 39.4 Å². The van der Waals surface area contributed by atoms with Crippen LogP contribution in [0.3, 0.4) is 0 Å².